The van der Waals surface area contributed by atoms with E-state index < -0.39 is 23.5 Å². The van der Waals surface area contributed by atoms with Gasteiger partial charge in [-0.25, -0.2) is 14.2 Å². The van der Waals surface area contributed by atoms with Crippen molar-refractivity contribution in [3.8, 4) is 11.3 Å². The molecule has 1 aromatic heterocycles. The lowest BCUT2D eigenvalue weighted by atomic mass is 10.0. The zero-order valence-electron chi connectivity index (χ0n) is 11.9. The molecule has 122 valence electrons. The van der Waals surface area contributed by atoms with Crippen LogP contribution >= 0.6 is 0 Å². The van der Waals surface area contributed by atoms with E-state index in [4.69, 9.17) is 0 Å². The average molecular weight is 335 g/mol. The Bertz CT molecular complexity index is 951. The maximum Gasteiger partial charge on any atom is 0.416 e. The smallest absolute Gasteiger partial charge is 0.416 e. The molecule has 1 heterocycles. The third-order valence-corrected chi connectivity index (χ3v) is 3.51. The summed E-state index contributed by atoms with van der Waals surface area (Å²) in [7, 11) is 0. The fourth-order valence-electron chi connectivity index (χ4n) is 2.39. The number of benzene rings is 2. The van der Waals surface area contributed by atoms with Gasteiger partial charge in [-0.15, -0.1) is 0 Å². The Morgan fingerprint density at radius 2 is 1.75 bits per heavy atom. The topological polar surface area (TPSA) is 50.2 Å². The first-order chi connectivity index (χ1) is 11.3. The Balaban J connectivity index is 2.28. The minimum Gasteiger partial charge on any atom is -0.478 e. The van der Waals surface area contributed by atoms with Crippen LogP contribution in [-0.2, 0) is 6.18 Å². The second-order valence-corrected chi connectivity index (χ2v) is 5.07. The third-order valence-electron chi connectivity index (χ3n) is 3.51. The fraction of sp³-hybridized carbons (Fsp3) is 0.0588. The summed E-state index contributed by atoms with van der Waals surface area (Å²) in [6.07, 6.45) is -4.55. The number of alkyl halides is 3. The van der Waals surface area contributed by atoms with Crippen LogP contribution in [0.4, 0.5) is 17.6 Å². The van der Waals surface area contributed by atoms with Gasteiger partial charge in [-0.3, -0.25) is 0 Å². The van der Waals surface area contributed by atoms with Crippen LogP contribution in [0.15, 0.2) is 48.5 Å². The molecular formula is C17H9F4NO2. The highest BCUT2D eigenvalue weighted by molar-refractivity contribution is 6.03. The summed E-state index contributed by atoms with van der Waals surface area (Å²) in [5, 5.41) is 9.38. The van der Waals surface area contributed by atoms with Crippen LogP contribution < -0.4 is 0 Å². The van der Waals surface area contributed by atoms with E-state index in [1.165, 1.54) is 24.3 Å². The number of carboxylic acids is 1. The normalized spacial score (nSPS) is 11.7. The zero-order chi connectivity index (χ0) is 17.5. The second-order valence-electron chi connectivity index (χ2n) is 5.07. The fourth-order valence-corrected chi connectivity index (χ4v) is 2.39. The first-order valence-corrected chi connectivity index (χ1v) is 6.77. The van der Waals surface area contributed by atoms with Crippen molar-refractivity contribution < 1.29 is 27.5 Å². The van der Waals surface area contributed by atoms with E-state index in [0.717, 1.165) is 24.3 Å². The van der Waals surface area contributed by atoms with E-state index in [1.807, 2.05) is 0 Å². The summed E-state index contributed by atoms with van der Waals surface area (Å²) in [4.78, 5) is 15.4. The SMILES string of the molecule is O=C(O)c1cc(-c2cccc(C(F)(F)F)c2)nc2c(F)cccc12. The molecule has 0 spiro atoms. The number of nitrogens with zero attached hydrogens (tertiary/aromatic N) is 1. The van der Waals surface area contributed by atoms with Crippen LogP contribution in [-0.4, -0.2) is 16.1 Å². The number of carbonyl (C=O) groups is 1. The van der Waals surface area contributed by atoms with Crippen LogP contribution in [0, 0.1) is 5.82 Å². The van der Waals surface area contributed by atoms with Crippen LogP contribution in [0.2, 0.25) is 0 Å². The Kier molecular flexibility index (Phi) is 3.71. The summed E-state index contributed by atoms with van der Waals surface area (Å²) in [5.41, 5.74) is -1.32. The largest absolute Gasteiger partial charge is 0.478 e. The van der Waals surface area contributed by atoms with Gasteiger partial charge in [0.2, 0.25) is 0 Å². The zero-order valence-corrected chi connectivity index (χ0v) is 11.9. The molecule has 3 aromatic rings. The predicted octanol–water partition coefficient (Wildman–Crippen LogP) is 4.76. The van der Waals surface area contributed by atoms with Crippen molar-refractivity contribution in [2.75, 3.05) is 0 Å². The Labute approximate surface area is 133 Å². The van der Waals surface area contributed by atoms with Crippen molar-refractivity contribution in [1.29, 1.82) is 0 Å². The molecule has 0 saturated carbocycles. The van der Waals surface area contributed by atoms with Gasteiger partial charge in [0, 0.05) is 10.9 Å². The van der Waals surface area contributed by atoms with Gasteiger partial charge < -0.3 is 5.11 Å². The molecule has 2 aromatic carbocycles. The molecule has 3 nitrogen and oxygen atoms in total. The number of fused-ring (bicyclic) bond motifs is 1. The molecule has 0 radical (unpaired) electrons. The van der Waals surface area contributed by atoms with Crippen molar-refractivity contribution in [3.05, 3.63) is 65.5 Å². The second kappa shape index (κ2) is 5.59. The molecule has 0 aliphatic carbocycles. The van der Waals surface area contributed by atoms with E-state index in [-0.39, 0.29) is 27.7 Å². The Hall–Kier alpha value is -2.96. The molecule has 0 aliphatic rings. The molecule has 3 rings (SSSR count). The van der Waals surface area contributed by atoms with E-state index in [9.17, 15) is 27.5 Å². The van der Waals surface area contributed by atoms with Gasteiger partial charge in [0.25, 0.3) is 0 Å². The van der Waals surface area contributed by atoms with E-state index in [0.29, 0.717) is 0 Å². The summed E-state index contributed by atoms with van der Waals surface area (Å²) in [6.45, 7) is 0. The molecule has 0 amide bonds. The van der Waals surface area contributed by atoms with E-state index in [1.54, 1.807) is 0 Å². The lowest BCUT2D eigenvalue weighted by Crippen LogP contribution is -2.05. The molecule has 7 heteroatoms. The van der Waals surface area contributed by atoms with E-state index >= 15 is 0 Å². The Morgan fingerprint density at radius 1 is 1.04 bits per heavy atom. The highest BCUT2D eigenvalue weighted by Crippen LogP contribution is 2.33. The highest BCUT2D eigenvalue weighted by Gasteiger charge is 2.30. The molecule has 0 bridgehead atoms. The van der Waals surface area contributed by atoms with Crippen LogP contribution in [0.1, 0.15) is 15.9 Å². The van der Waals surface area contributed by atoms with E-state index in [2.05, 4.69) is 4.98 Å². The van der Waals surface area contributed by atoms with Gasteiger partial charge in [-0.2, -0.15) is 13.2 Å². The molecule has 0 aliphatic heterocycles. The number of aromatic nitrogens is 1. The summed E-state index contributed by atoms with van der Waals surface area (Å²) in [5.74, 6) is -2.06. The van der Waals surface area contributed by atoms with Crippen molar-refractivity contribution in [3.63, 3.8) is 0 Å². The van der Waals surface area contributed by atoms with Gasteiger partial charge in [0.15, 0.2) is 0 Å². The number of aromatic carboxylic acids is 1. The minimum absolute atomic E-state index is 0.0453. The van der Waals surface area contributed by atoms with Crippen molar-refractivity contribution >= 4 is 16.9 Å². The van der Waals surface area contributed by atoms with Crippen molar-refractivity contribution in [1.82, 2.24) is 4.98 Å². The lowest BCUT2D eigenvalue weighted by molar-refractivity contribution is -0.137. The van der Waals surface area contributed by atoms with Crippen LogP contribution in [0.3, 0.4) is 0 Å². The third kappa shape index (κ3) is 2.80. The number of para-hydroxylation sites is 1. The Morgan fingerprint density at radius 3 is 2.42 bits per heavy atom. The molecule has 0 saturated heterocycles. The summed E-state index contributed by atoms with van der Waals surface area (Å²) in [6, 6.07) is 9.27. The number of hydrogen-bond donors (Lipinski definition) is 1. The molecule has 0 unspecified atom stereocenters. The van der Waals surface area contributed by atoms with Crippen LogP contribution in [0.25, 0.3) is 22.2 Å². The maximum atomic E-state index is 14.0. The molecule has 24 heavy (non-hydrogen) atoms. The monoisotopic (exact) mass is 335 g/mol. The molecule has 0 atom stereocenters. The highest BCUT2D eigenvalue weighted by atomic mass is 19.4. The van der Waals surface area contributed by atoms with Crippen molar-refractivity contribution in [2.45, 2.75) is 6.18 Å². The average Bonchev–Trinajstić information content (AvgIpc) is 2.53. The van der Waals surface area contributed by atoms with Gasteiger partial charge in [-0.1, -0.05) is 24.3 Å². The maximum absolute atomic E-state index is 14.0. The van der Waals surface area contributed by atoms with Crippen LogP contribution in [0.5, 0.6) is 0 Å². The number of hydrogen-bond acceptors (Lipinski definition) is 2. The lowest BCUT2D eigenvalue weighted by Gasteiger charge is -2.10. The van der Waals surface area contributed by atoms with Gasteiger partial charge >= 0.3 is 12.1 Å². The minimum atomic E-state index is -4.55. The predicted molar refractivity (Wildman–Crippen MR) is 79.1 cm³/mol. The standard InChI is InChI=1S/C17H9F4NO2/c18-13-6-2-5-11-12(16(23)24)8-14(22-15(11)13)9-3-1-4-10(7-9)17(19,20)21/h1-8H,(H,23,24). The summed E-state index contributed by atoms with van der Waals surface area (Å²) >= 11 is 0. The first-order valence-electron chi connectivity index (χ1n) is 6.77. The van der Waals surface area contributed by atoms with Crippen molar-refractivity contribution in [2.24, 2.45) is 0 Å². The summed E-state index contributed by atoms with van der Waals surface area (Å²) < 4.78 is 52.5. The number of rotatable bonds is 2. The quantitative estimate of drug-likeness (QED) is 0.687. The molecule has 0 fully saturated rings. The number of carboxylic acid groups (broad SMARTS) is 1. The molecule has 1 N–H and O–H groups in total. The number of halogens is 4. The van der Waals surface area contributed by atoms with Gasteiger partial charge in [-0.05, 0) is 24.3 Å². The van der Waals surface area contributed by atoms with Gasteiger partial charge in [0.05, 0.1) is 16.8 Å². The first kappa shape index (κ1) is 15.9. The number of pyridine rings is 1. The van der Waals surface area contributed by atoms with Gasteiger partial charge in [0.1, 0.15) is 11.3 Å². The molecular weight excluding hydrogens is 326 g/mol.